The Kier molecular flexibility index (Phi) is 3.45. The van der Waals surface area contributed by atoms with E-state index in [1.54, 1.807) is 0 Å². The molecular formula is C12H23NO. The maximum absolute atomic E-state index is 9.34. The molecule has 0 amide bonds. The molecule has 0 aromatic rings. The summed E-state index contributed by atoms with van der Waals surface area (Å²) in [6, 6.07) is 1.17. The molecule has 1 saturated carbocycles. The normalized spacial score (nSPS) is 32.6. The standard InChI is InChI=1S/C12H23NO/c1-10(11-5-4-6-11)13-8-3-2-7-12(13)9-14/h10-12,14H,2-9H2,1H3. The number of hydrogen-bond donors (Lipinski definition) is 1. The van der Waals surface area contributed by atoms with Gasteiger partial charge in [0.25, 0.3) is 0 Å². The highest BCUT2D eigenvalue weighted by Crippen LogP contribution is 2.34. The van der Waals surface area contributed by atoms with Crippen LogP contribution in [0.4, 0.5) is 0 Å². The number of nitrogens with zero attached hydrogens (tertiary/aromatic N) is 1. The summed E-state index contributed by atoms with van der Waals surface area (Å²) in [6.07, 6.45) is 8.08. The molecule has 0 aromatic carbocycles. The summed E-state index contributed by atoms with van der Waals surface area (Å²) in [4.78, 5) is 2.56. The zero-order valence-corrected chi connectivity index (χ0v) is 9.28. The van der Waals surface area contributed by atoms with Crippen LogP contribution in [0.3, 0.4) is 0 Å². The Hall–Kier alpha value is -0.0800. The minimum atomic E-state index is 0.358. The monoisotopic (exact) mass is 197 g/mol. The van der Waals surface area contributed by atoms with Gasteiger partial charge in [0.2, 0.25) is 0 Å². The quantitative estimate of drug-likeness (QED) is 0.748. The maximum Gasteiger partial charge on any atom is 0.0586 e. The Labute approximate surface area is 87.3 Å². The fraction of sp³-hybridized carbons (Fsp3) is 1.00. The molecule has 1 N–H and O–H groups in total. The number of rotatable bonds is 3. The van der Waals surface area contributed by atoms with Crippen molar-refractivity contribution in [3.63, 3.8) is 0 Å². The molecule has 0 aromatic heterocycles. The van der Waals surface area contributed by atoms with E-state index in [-0.39, 0.29) is 0 Å². The first-order valence-electron chi connectivity index (χ1n) is 6.19. The third-order valence-corrected chi connectivity index (χ3v) is 4.24. The predicted molar refractivity (Wildman–Crippen MR) is 58.2 cm³/mol. The third-order valence-electron chi connectivity index (χ3n) is 4.24. The highest BCUT2D eigenvalue weighted by Gasteiger charge is 2.32. The minimum absolute atomic E-state index is 0.358. The molecular weight excluding hydrogens is 174 g/mol. The highest BCUT2D eigenvalue weighted by atomic mass is 16.3. The van der Waals surface area contributed by atoms with Crippen LogP contribution in [-0.4, -0.2) is 35.2 Å². The Morgan fingerprint density at radius 2 is 2.00 bits per heavy atom. The molecule has 82 valence electrons. The number of aliphatic hydroxyl groups is 1. The van der Waals surface area contributed by atoms with Gasteiger partial charge in [-0.2, -0.15) is 0 Å². The van der Waals surface area contributed by atoms with Crippen LogP contribution < -0.4 is 0 Å². The van der Waals surface area contributed by atoms with E-state index in [9.17, 15) is 5.11 Å². The van der Waals surface area contributed by atoms with Crippen LogP contribution in [0.1, 0.15) is 45.4 Å². The molecule has 2 fully saturated rings. The third kappa shape index (κ3) is 1.96. The fourth-order valence-electron chi connectivity index (χ4n) is 2.95. The molecule has 0 spiro atoms. The topological polar surface area (TPSA) is 23.5 Å². The van der Waals surface area contributed by atoms with E-state index in [0.29, 0.717) is 18.7 Å². The zero-order valence-electron chi connectivity index (χ0n) is 9.28. The van der Waals surface area contributed by atoms with Crippen LogP contribution in [0.15, 0.2) is 0 Å². The van der Waals surface area contributed by atoms with Gasteiger partial charge in [0.1, 0.15) is 0 Å². The molecule has 2 rings (SSSR count). The predicted octanol–water partition coefficient (Wildman–Crippen LogP) is 2.02. The van der Waals surface area contributed by atoms with Crippen molar-refractivity contribution in [3.8, 4) is 0 Å². The largest absolute Gasteiger partial charge is 0.395 e. The fourth-order valence-corrected chi connectivity index (χ4v) is 2.95. The summed E-state index contributed by atoms with van der Waals surface area (Å²) in [5.41, 5.74) is 0. The molecule has 2 heteroatoms. The van der Waals surface area contributed by atoms with Gasteiger partial charge in [0, 0.05) is 12.1 Å². The minimum Gasteiger partial charge on any atom is -0.395 e. The van der Waals surface area contributed by atoms with E-state index in [2.05, 4.69) is 11.8 Å². The van der Waals surface area contributed by atoms with Gasteiger partial charge in [-0.25, -0.2) is 0 Å². The lowest BCUT2D eigenvalue weighted by molar-refractivity contribution is 0.0188. The zero-order chi connectivity index (χ0) is 9.97. The van der Waals surface area contributed by atoms with Crippen molar-refractivity contribution < 1.29 is 5.11 Å². The number of likely N-dealkylation sites (tertiary alicyclic amines) is 1. The second-order valence-corrected chi connectivity index (χ2v) is 5.00. The Morgan fingerprint density at radius 1 is 1.21 bits per heavy atom. The van der Waals surface area contributed by atoms with Gasteiger partial charge in [-0.1, -0.05) is 12.8 Å². The molecule has 2 aliphatic rings. The molecule has 2 nitrogen and oxygen atoms in total. The van der Waals surface area contributed by atoms with Gasteiger partial charge in [0.15, 0.2) is 0 Å². The van der Waals surface area contributed by atoms with Crippen molar-refractivity contribution in [2.24, 2.45) is 5.92 Å². The molecule has 2 unspecified atom stereocenters. The van der Waals surface area contributed by atoms with Crippen molar-refractivity contribution in [1.29, 1.82) is 0 Å². The molecule has 1 aliphatic heterocycles. The van der Waals surface area contributed by atoms with E-state index in [0.717, 1.165) is 5.92 Å². The number of hydrogen-bond acceptors (Lipinski definition) is 2. The Balaban J connectivity index is 1.91. The summed E-state index contributed by atoms with van der Waals surface area (Å²) < 4.78 is 0. The van der Waals surface area contributed by atoms with Gasteiger partial charge >= 0.3 is 0 Å². The molecule has 1 aliphatic carbocycles. The van der Waals surface area contributed by atoms with Crippen molar-refractivity contribution in [2.45, 2.75) is 57.5 Å². The van der Waals surface area contributed by atoms with E-state index < -0.39 is 0 Å². The molecule has 1 heterocycles. The summed E-state index contributed by atoms with van der Waals surface area (Å²) >= 11 is 0. The average molecular weight is 197 g/mol. The first-order chi connectivity index (χ1) is 6.83. The van der Waals surface area contributed by atoms with Crippen LogP contribution in [0.2, 0.25) is 0 Å². The van der Waals surface area contributed by atoms with Crippen molar-refractivity contribution >= 4 is 0 Å². The lowest BCUT2D eigenvalue weighted by Crippen LogP contribution is -2.50. The smallest absolute Gasteiger partial charge is 0.0586 e. The van der Waals surface area contributed by atoms with Crippen LogP contribution >= 0.6 is 0 Å². The average Bonchev–Trinajstić information content (AvgIpc) is 2.15. The van der Waals surface area contributed by atoms with Crippen LogP contribution in [0.5, 0.6) is 0 Å². The summed E-state index contributed by atoms with van der Waals surface area (Å²) in [7, 11) is 0. The van der Waals surface area contributed by atoms with Crippen LogP contribution in [0.25, 0.3) is 0 Å². The van der Waals surface area contributed by atoms with Crippen molar-refractivity contribution in [2.75, 3.05) is 13.2 Å². The van der Waals surface area contributed by atoms with Gasteiger partial charge < -0.3 is 5.11 Å². The SMILES string of the molecule is CC(C1CCC1)N1CCCCC1CO. The van der Waals surface area contributed by atoms with Gasteiger partial charge in [-0.05, 0) is 45.1 Å². The Bertz CT molecular complexity index is 179. The maximum atomic E-state index is 9.34. The van der Waals surface area contributed by atoms with Crippen LogP contribution in [-0.2, 0) is 0 Å². The lowest BCUT2D eigenvalue weighted by Gasteiger charge is -2.45. The first kappa shape index (κ1) is 10.4. The van der Waals surface area contributed by atoms with E-state index in [1.165, 1.54) is 45.1 Å². The molecule has 1 saturated heterocycles. The highest BCUT2D eigenvalue weighted by molar-refractivity contribution is 4.87. The van der Waals surface area contributed by atoms with Crippen molar-refractivity contribution in [1.82, 2.24) is 4.90 Å². The molecule has 0 radical (unpaired) electrons. The van der Waals surface area contributed by atoms with Crippen LogP contribution in [0, 0.1) is 5.92 Å². The van der Waals surface area contributed by atoms with Gasteiger partial charge in [-0.15, -0.1) is 0 Å². The number of piperidine rings is 1. The number of aliphatic hydroxyl groups excluding tert-OH is 1. The van der Waals surface area contributed by atoms with Gasteiger partial charge in [0.05, 0.1) is 6.61 Å². The van der Waals surface area contributed by atoms with Crippen molar-refractivity contribution in [3.05, 3.63) is 0 Å². The van der Waals surface area contributed by atoms with E-state index in [4.69, 9.17) is 0 Å². The Morgan fingerprint density at radius 3 is 2.57 bits per heavy atom. The molecule has 0 bridgehead atoms. The molecule has 14 heavy (non-hydrogen) atoms. The second kappa shape index (κ2) is 4.63. The summed E-state index contributed by atoms with van der Waals surface area (Å²) in [5, 5.41) is 9.34. The van der Waals surface area contributed by atoms with Gasteiger partial charge in [-0.3, -0.25) is 4.90 Å². The summed E-state index contributed by atoms with van der Waals surface area (Å²) in [5.74, 6) is 0.919. The lowest BCUT2D eigenvalue weighted by atomic mass is 9.79. The first-order valence-corrected chi connectivity index (χ1v) is 6.19. The van der Waals surface area contributed by atoms with E-state index in [1.807, 2.05) is 0 Å². The second-order valence-electron chi connectivity index (χ2n) is 5.00. The molecule has 2 atom stereocenters. The summed E-state index contributed by atoms with van der Waals surface area (Å²) in [6.45, 7) is 3.93. The van der Waals surface area contributed by atoms with E-state index >= 15 is 0 Å².